The number of aryl methyl sites for hydroxylation is 1. The molecule has 2 heterocycles. The van der Waals surface area contributed by atoms with E-state index in [1.165, 1.54) is 16.9 Å². The first kappa shape index (κ1) is 13.8. The Morgan fingerprint density at radius 2 is 2.10 bits per heavy atom. The fraction of sp³-hybridized carbons (Fsp3) is 0.250. The third-order valence-electron chi connectivity index (χ3n) is 3.49. The van der Waals surface area contributed by atoms with Gasteiger partial charge in [-0.05, 0) is 35.9 Å². The second kappa shape index (κ2) is 6.10. The summed E-state index contributed by atoms with van der Waals surface area (Å²) in [6, 6.07) is 9.55. The van der Waals surface area contributed by atoms with Crippen LogP contribution in [0.25, 0.3) is 0 Å². The number of fused-ring (bicyclic) bond motifs is 1. The zero-order valence-corrected chi connectivity index (χ0v) is 12.3. The number of hydrogen-bond donors (Lipinski definition) is 0. The van der Waals surface area contributed by atoms with Crippen molar-refractivity contribution < 1.29 is 14.3 Å². The lowest BCUT2D eigenvalue weighted by Crippen LogP contribution is -2.38. The number of anilines is 1. The van der Waals surface area contributed by atoms with Gasteiger partial charge in [0, 0.05) is 17.6 Å². The van der Waals surface area contributed by atoms with Crippen molar-refractivity contribution in [2.75, 3.05) is 18.1 Å². The van der Waals surface area contributed by atoms with E-state index in [-0.39, 0.29) is 12.5 Å². The second-order valence-electron chi connectivity index (χ2n) is 4.87. The maximum atomic E-state index is 12.3. The lowest BCUT2D eigenvalue weighted by atomic mass is 10.0. The van der Waals surface area contributed by atoms with Crippen LogP contribution >= 0.6 is 11.3 Å². The van der Waals surface area contributed by atoms with E-state index in [0.717, 1.165) is 18.5 Å². The van der Waals surface area contributed by atoms with Crippen molar-refractivity contribution in [1.82, 2.24) is 0 Å². The van der Waals surface area contributed by atoms with Crippen LogP contribution in [0.4, 0.5) is 5.69 Å². The molecule has 21 heavy (non-hydrogen) atoms. The number of nitrogens with zero attached hydrogens (tertiary/aromatic N) is 1. The molecule has 0 saturated heterocycles. The highest BCUT2D eigenvalue weighted by molar-refractivity contribution is 7.08. The Bertz CT molecular complexity index is 651. The van der Waals surface area contributed by atoms with E-state index in [4.69, 9.17) is 4.74 Å². The number of esters is 1. The lowest BCUT2D eigenvalue weighted by Gasteiger charge is -2.29. The molecule has 0 bridgehead atoms. The summed E-state index contributed by atoms with van der Waals surface area (Å²) >= 11 is 1.42. The fourth-order valence-electron chi connectivity index (χ4n) is 2.46. The Labute approximate surface area is 127 Å². The Morgan fingerprint density at radius 1 is 1.24 bits per heavy atom. The number of rotatable bonds is 3. The highest BCUT2D eigenvalue weighted by atomic mass is 32.1. The molecule has 0 aliphatic carbocycles. The first-order chi connectivity index (χ1) is 10.3. The average molecular weight is 301 g/mol. The number of amides is 1. The summed E-state index contributed by atoms with van der Waals surface area (Å²) in [6.45, 7) is 0.453. The monoisotopic (exact) mass is 301 g/mol. The van der Waals surface area contributed by atoms with Crippen molar-refractivity contribution in [2.45, 2.75) is 12.8 Å². The first-order valence-electron chi connectivity index (χ1n) is 6.83. The van der Waals surface area contributed by atoms with Crippen LogP contribution in [0.15, 0.2) is 41.1 Å². The number of carbonyl (C=O) groups excluding carboxylic acids is 2. The molecule has 1 aromatic carbocycles. The number of para-hydroxylation sites is 1. The second-order valence-corrected chi connectivity index (χ2v) is 5.65. The number of hydrogen-bond acceptors (Lipinski definition) is 4. The van der Waals surface area contributed by atoms with Crippen molar-refractivity contribution in [3.8, 4) is 0 Å². The summed E-state index contributed by atoms with van der Waals surface area (Å²) in [7, 11) is 0. The van der Waals surface area contributed by atoms with Crippen LogP contribution in [-0.4, -0.2) is 25.0 Å². The molecular weight excluding hydrogens is 286 g/mol. The van der Waals surface area contributed by atoms with Crippen LogP contribution < -0.4 is 4.90 Å². The topological polar surface area (TPSA) is 46.6 Å². The van der Waals surface area contributed by atoms with Crippen LogP contribution in [0.3, 0.4) is 0 Å². The van der Waals surface area contributed by atoms with Gasteiger partial charge < -0.3 is 9.64 Å². The molecule has 0 radical (unpaired) electrons. The number of benzene rings is 1. The van der Waals surface area contributed by atoms with Gasteiger partial charge in [-0.1, -0.05) is 18.2 Å². The molecule has 0 atom stereocenters. The van der Waals surface area contributed by atoms with Crippen LogP contribution in [-0.2, 0) is 16.0 Å². The van der Waals surface area contributed by atoms with Gasteiger partial charge in [0.05, 0.1) is 5.56 Å². The van der Waals surface area contributed by atoms with Gasteiger partial charge in [0.15, 0.2) is 6.61 Å². The molecule has 4 nitrogen and oxygen atoms in total. The molecule has 5 heteroatoms. The van der Waals surface area contributed by atoms with Crippen LogP contribution in [0, 0.1) is 0 Å². The SMILES string of the molecule is O=C(OCC(=O)N1CCCc2ccccc21)c1ccsc1. The highest BCUT2D eigenvalue weighted by Crippen LogP contribution is 2.26. The fourth-order valence-corrected chi connectivity index (χ4v) is 3.09. The molecule has 108 valence electrons. The Kier molecular flexibility index (Phi) is 4.01. The van der Waals surface area contributed by atoms with E-state index in [2.05, 4.69) is 0 Å². The number of ether oxygens (including phenoxy) is 1. The summed E-state index contributed by atoms with van der Waals surface area (Å²) in [5.41, 5.74) is 2.59. The van der Waals surface area contributed by atoms with Crippen molar-refractivity contribution in [2.24, 2.45) is 0 Å². The van der Waals surface area contributed by atoms with E-state index < -0.39 is 5.97 Å². The maximum Gasteiger partial charge on any atom is 0.339 e. The van der Waals surface area contributed by atoms with E-state index in [1.807, 2.05) is 24.3 Å². The highest BCUT2D eigenvalue weighted by Gasteiger charge is 2.23. The summed E-state index contributed by atoms with van der Waals surface area (Å²) in [4.78, 5) is 25.7. The Hall–Kier alpha value is -2.14. The molecule has 0 N–H and O–H groups in total. The summed E-state index contributed by atoms with van der Waals surface area (Å²) in [5.74, 6) is -0.624. The molecule has 0 saturated carbocycles. The van der Waals surface area contributed by atoms with Gasteiger partial charge in [-0.3, -0.25) is 4.79 Å². The van der Waals surface area contributed by atoms with Crippen molar-refractivity contribution in [3.05, 3.63) is 52.2 Å². The quantitative estimate of drug-likeness (QED) is 0.819. The molecule has 1 aromatic heterocycles. The molecule has 0 fully saturated rings. The number of thiophene rings is 1. The van der Waals surface area contributed by atoms with E-state index in [1.54, 1.807) is 21.7 Å². The normalized spacial score (nSPS) is 13.6. The van der Waals surface area contributed by atoms with Crippen molar-refractivity contribution >= 4 is 28.9 Å². The lowest BCUT2D eigenvalue weighted by molar-refractivity contribution is -0.121. The predicted octanol–water partition coefficient (Wildman–Crippen LogP) is 2.88. The minimum Gasteiger partial charge on any atom is -0.452 e. The predicted molar refractivity (Wildman–Crippen MR) is 81.7 cm³/mol. The summed E-state index contributed by atoms with van der Waals surface area (Å²) < 4.78 is 5.09. The van der Waals surface area contributed by atoms with Crippen LogP contribution in [0.2, 0.25) is 0 Å². The average Bonchev–Trinajstić information content (AvgIpc) is 3.06. The van der Waals surface area contributed by atoms with Crippen molar-refractivity contribution in [3.63, 3.8) is 0 Å². The molecular formula is C16H15NO3S. The molecule has 1 aliphatic heterocycles. The number of carbonyl (C=O) groups is 2. The summed E-state index contributed by atoms with van der Waals surface area (Å²) in [6.07, 6.45) is 1.91. The van der Waals surface area contributed by atoms with Gasteiger partial charge in [-0.15, -0.1) is 0 Å². The van der Waals surface area contributed by atoms with Crippen molar-refractivity contribution in [1.29, 1.82) is 0 Å². The zero-order valence-electron chi connectivity index (χ0n) is 11.5. The largest absolute Gasteiger partial charge is 0.452 e. The molecule has 1 amide bonds. The standard InChI is InChI=1S/C16H15NO3S/c18-15(10-20-16(19)13-7-9-21-11-13)17-8-3-5-12-4-1-2-6-14(12)17/h1-2,4,6-7,9,11H,3,5,8,10H2. The van der Waals surface area contributed by atoms with Crippen LogP contribution in [0.5, 0.6) is 0 Å². The van der Waals surface area contributed by atoms with E-state index in [9.17, 15) is 9.59 Å². The smallest absolute Gasteiger partial charge is 0.339 e. The summed E-state index contributed by atoms with van der Waals surface area (Å²) in [5, 5.41) is 3.52. The minimum absolute atomic E-state index is 0.175. The zero-order chi connectivity index (χ0) is 14.7. The molecule has 0 unspecified atom stereocenters. The maximum absolute atomic E-state index is 12.3. The minimum atomic E-state index is -0.449. The van der Waals surface area contributed by atoms with Gasteiger partial charge in [0.2, 0.25) is 0 Å². The van der Waals surface area contributed by atoms with Gasteiger partial charge in [0.1, 0.15) is 0 Å². The van der Waals surface area contributed by atoms with E-state index in [0.29, 0.717) is 12.1 Å². The van der Waals surface area contributed by atoms with Crippen LogP contribution in [0.1, 0.15) is 22.3 Å². The van der Waals surface area contributed by atoms with Gasteiger partial charge in [0.25, 0.3) is 5.91 Å². The molecule has 2 aromatic rings. The molecule has 0 spiro atoms. The first-order valence-corrected chi connectivity index (χ1v) is 7.77. The van der Waals surface area contributed by atoms with Gasteiger partial charge >= 0.3 is 5.97 Å². The van der Waals surface area contributed by atoms with Gasteiger partial charge in [-0.25, -0.2) is 4.79 Å². The van der Waals surface area contributed by atoms with Gasteiger partial charge in [-0.2, -0.15) is 11.3 Å². The molecule has 1 aliphatic rings. The third-order valence-corrected chi connectivity index (χ3v) is 4.18. The Morgan fingerprint density at radius 3 is 2.90 bits per heavy atom. The van der Waals surface area contributed by atoms with E-state index >= 15 is 0 Å². The Balaban J connectivity index is 1.65. The molecule has 3 rings (SSSR count). The third kappa shape index (κ3) is 2.97.